The second-order valence-corrected chi connectivity index (χ2v) is 7.99. The number of anilines is 1. The molecule has 0 aromatic heterocycles. The molecule has 2 N–H and O–H groups in total. The van der Waals surface area contributed by atoms with Crippen LogP contribution in [-0.2, 0) is 10.0 Å². The summed E-state index contributed by atoms with van der Waals surface area (Å²) in [5.74, 6) is 1.02. The zero-order valence-electron chi connectivity index (χ0n) is 12.9. The number of fused-ring (bicyclic) bond motifs is 1. The van der Waals surface area contributed by atoms with Crippen molar-refractivity contribution in [2.75, 3.05) is 38.1 Å². The van der Waals surface area contributed by atoms with Crippen LogP contribution in [0.2, 0.25) is 0 Å². The highest BCUT2D eigenvalue weighted by atomic mass is 32.2. The highest BCUT2D eigenvalue weighted by molar-refractivity contribution is 7.89. The molecule has 2 saturated heterocycles. The van der Waals surface area contributed by atoms with Crippen LogP contribution in [0.5, 0.6) is 0 Å². The summed E-state index contributed by atoms with van der Waals surface area (Å²) in [6.07, 6.45) is 1.08. The molecule has 2 aliphatic rings. The van der Waals surface area contributed by atoms with E-state index in [-0.39, 0.29) is 10.6 Å². The molecule has 0 amide bonds. The highest BCUT2D eigenvalue weighted by Crippen LogP contribution is 2.38. The fourth-order valence-electron chi connectivity index (χ4n) is 3.64. The number of benzene rings is 1. The molecule has 8 nitrogen and oxygen atoms in total. The van der Waals surface area contributed by atoms with Crippen LogP contribution in [0.3, 0.4) is 0 Å². The monoisotopic (exact) mass is 340 g/mol. The van der Waals surface area contributed by atoms with Crippen LogP contribution in [0.25, 0.3) is 0 Å². The van der Waals surface area contributed by atoms with Crippen LogP contribution in [0.15, 0.2) is 23.1 Å². The quantitative estimate of drug-likeness (QED) is 0.638. The van der Waals surface area contributed by atoms with Crippen molar-refractivity contribution in [1.82, 2.24) is 4.90 Å². The molecule has 23 heavy (non-hydrogen) atoms. The summed E-state index contributed by atoms with van der Waals surface area (Å²) >= 11 is 0. The zero-order valence-corrected chi connectivity index (χ0v) is 13.7. The standard InChI is InChI=1S/C14H20N4O4S/c1-16-5-4-10-8-17(9-11(10)7-16)13-3-2-12(23(15,21)22)6-14(13)18(19)20/h2-3,6,10-11H,4-5,7-9H2,1H3,(H2,15,21,22). The summed E-state index contributed by atoms with van der Waals surface area (Å²) in [4.78, 5) is 14.9. The number of nitro benzene ring substituents is 1. The average Bonchev–Trinajstić information content (AvgIpc) is 2.88. The summed E-state index contributed by atoms with van der Waals surface area (Å²) in [6, 6.07) is 3.89. The molecule has 0 aliphatic carbocycles. The molecular weight excluding hydrogens is 320 g/mol. The largest absolute Gasteiger partial charge is 0.365 e. The number of hydrogen-bond donors (Lipinski definition) is 1. The number of nitrogens with zero attached hydrogens (tertiary/aromatic N) is 3. The Morgan fingerprint density at radius 2 is 1.96 bits per heavy atom. The van der Waals surface area contributed by atoms with Crippen molar-refractivity contribution in [1.29, 1.82) is 0 Å². The van der Waals surface area contributed by atoms with E-state index < -0.39 is 14.9 Å². The second kappa shape index (κ2) is 5.73. The Labute approximate surface area is 135 Å². The lowest BCUT2D eigenvalue weighted by Crippen LogP contribution is -2.37. The van der Waals surface area contributed by atoms with E-state index in [1.54, 1.807) is 0 Å². The van der Waals surface area contributed by atoms with E-state index in [2.05, 4.69) is 11.9 Å². The van der Waals surface area contributed by atoms with Crippen molar-refractivity contribution < 1.29 is 13.3 Å². The second-order valence-electron chi connectivity index (χ2n) is 6.43. The zero-order chi connectivity index (χ0) is 16.8. The van der Waals surface area contributed by atoms with Gasteiger partial charge in [-0.05, 0) is 44.0 Å². The maximum Gasteiger partial charge on any atom is 0.293 e. The Kier molecular flexibility index (Phi) is 4.03. The Bertz CT molecular complexity index is 736. The first kappa shape index (κ1) is 16.2. The summed E-state index contributed by atoms with van der Waals surface area (Å²) < 4.78 is 22.8. The minimum Gasteiger partial charge on any atom is -0.365 e. The predicted octanol–water partition coefficient (Wildman–Crippen LogP) is 0.630. The number of hydrogen-bond acceptors (Lipinski definition) is 6. The van der Waals surface area contributed by atoms with Gasteiger partial charge in [-0.25, -0.2) is 13.6 Å². The highest BCUT2D eigenvalue weighted by Gasteiger charge is 2.38. The van der Waals surface area contributed by atoms with Gasteiger partial charge in [0.25, 0.3) is 5.69 Å². The molecule has 2 fully saturated rings. The van der Waals surface area contributed by atoms with Crippen molar-refractivity contribution in [2.45, 2.75) is 11.3 Å². The molecule has 3 rings (SSSR count). The lowest BCUT2D eigenvalue weighted by Gasteiger charge is -2.31. The van der Waals surface area contributed by atoms with E-state index in [4.69, 9.17) is 5.14 Å². The molecule has 2 unspecified atom stereocenters. The van der Waals surface area contributed by atoms with E-state index in [9.17, 15) is 18.5 Å². The molecule has 1 aromatic carbocycles. The van der Waals surface area contributed by atoms with E-state index in [1.165, 1.54) is 12.1 Å². The number of rotatable bonds is 3. The summed E-state index contributed by atoms with van der Waals surface area (Å²) in [5, 5.41) is 16.4. The fraction of sp³-hybridized carbons (Fsp3) is 0.571. The van der Waals surface area contributed by atoms with Crippen LogP contribution in [0.1, 0.15) is 6.42 Å². The van der Waals surface area contributed by atoms with Gasteiger partial charge in [0.05, 0.1) is 9.82 Å². The van der Waals surface area contributed by atoms with Gasteiger partial charge < -0.3 is 9.80 Å². The minimum absolute atomic E-state index is 0.205. The molecule has 126 valence electrons. The van der Waals surface area contributed by atoms with E-state index in [1.807, 2.05) is 4.90 Å². The number of sulfonamides is 1. The Morgan fingerprint density at radius 1 is 1.26 bits per heavy atom. The molecule has 2 atom stereocenters. The first-order chi connectivity index (χ1) is 10.8. The van der Waals surface area contributed by atoms with Crippen LogP contribution >= 0.6 is 0 Å². The Hall–Kier alpha value is -1.71. The number of nitrogens with two attached hydrogens (primary N) is 1. The summed E-state index contributed by atoms with van der Waals surface area (Å²) in [7, 11) is -1.87. The third-order valence-corrected chi connectivity index (χ3v) is 5.73. The predicted molar refractivity (Wildman–Crippen MR) is 85.8 cm³/mol. The van der Waals surface area contributed by atoms with Gasteiger partial charge >= 0.3 is 0 Å². The van der Waals surface area contributed by atoms with Gasteiger partial charge in [0.15, 0.2) is 0 Å². The van der Waals surface area contributed by atoms with E-state index in [0.29, 0.717) is 17.5 Å². The molecule has 0 radical (unpaired) electrons. The maximum absolute atomic E-state index is 11.4. The van der Waals surface area contributed by atoms with Crippen LogP contribution in [-0.4, -0.2) is 51.5 Å². The summed E-state index contributed by atoms with van der Waals surface area (Å²) in [6.45, 7) is 3.56. The van der Waals surface area contributed by atoms with Gasteiger partial charge in [0.1, 0.15) is 5.69 Å². The van der Waals surface area contributed by atoms with Gasteiger partial charge in [0.2, 0.25) is 10.0 Å². The first-order valence-corrected chi connectivity index (χ1v) is 9.05. The van der Waals surface area contributed by atoms with Gasteiger partial charge in [-0.15, -0.1) is 0 Å². The molecule has 0 saturated carbocycles. The van der Waals surface area contributed by atoms with Gasteiger partial charge in [0, 0.05) is 25.7 Å². The van der Waals surface area contributed by atoms with Crippen molar-refractivity contribution >= 4 is 21.4 Å². The smallest absolute Gasteiger partial charge is 0.293 e. The number of primary sulfonamides is 1. The third kappa shape index (κ3) is 3.17. The molecule has 2 aliphatic heterocycles. The van der Waals surface area contributed by atoms with Gasteiger partial charge in [-0.2, -0.15) is 0 Å². The lowest BCUT2D eigenvalue weighted by atomic mass is 9.89. The molecule has 0 spiro atoms. The Morgan fingerprint density at radius 3 is 2.61 bits per heavy atom. The molecule has 0 bridgehead atoms. The third-order valence-electron chi connectivity index (χ3n) is 4.82. The SMILES string of the molecule is CN1CCC2CN(c3ccc(S(N)(=O)=O)cc3[N+](=O)[O-])CC2C1. The minimum atomic E-state index is -3.96. The van der Waals surface area contributed by atoms with Gasteiger partial charge in [-0.1, -0.05) is 0 Å². The Balaban J connectivity index is 1.92. The number of piperidine rings is 1. The van der Waals surface area contributed by atoms with Crippen LogP contribution in [0.4, 0.5) is 11.4 Å². The molecule has 2 heterocycles. The molecular formula is C14H20N4O4S. The molecule has 9 heteroatoms. The first-order valence-electron chi connectivity index (χ1n) is 7.50. The molecule has 1 aromatic rings. The van der Waals surface area contributed by atoms with Crippen molar-refractivity contribution in [3.05, 3.63) is 28.3 Å². The average molecular weight is 340 g/mol. The van der Waals surface area contributed by atoms with Crippen LogP contribution < -0.4 is 10.0 Å². The van der Waals surface area contributed by atoms with Crippen molar-refractivity contribution in [3.8, 4) is 0 Å². The summed E-state index contributed by atoms with van der Waals surface area (Å²) in [5.41, 5.74) is 0.267. The maximum atomic E-state index is 11.4. The van der Waals surface area contributed by atoms with Crippen molar-refractivity contribution in [2.24, 2.45) is 17.0 Å². The van der Waals surface area contributed by atoms with E-state index in [0.717, 1.165) is 38.7 Å². The fourth-order valence-corrected chi connectivity index (χ4v) is 4.17. The lowest BCUT2D eigenvalue weighted by molar-refractivity contribution is -0.384. The normalized spacial score (nSPS) is 25.4. The topological polar surface area (TPSA) is 110 Å². The van der Waals surface area contributed by atoms with Crippen molar-refractivity contribution in [3.63, 3.8) is 0 Å². The van der Waals surface area contributed by atoms with Gasteiger partial charge in [-0.3, -0.25) is 10.1 Å². The number of nitro groups is 1. The number of likely N-dealkylation sites (tertiary alicyclic amines) is 1. The van der Waals surface area contributed by atoms with Crippen LogP contribution in [0, 0.1) is 22.0 Å². The van der Waals surface area contributed by atoms with E-state index >= 15 is 0 Å².